The Morgan fingerprint density at radius 2 is 2.11 bits per heavy atom. The van der Waals surface area contributed by atoms with Crippen molar-refractivity contribution in [3.63, 3.8) is 0 Å². The average molecular weight is 253 g/mol. The zero-order valence-electron chi connectivity index (χ0n) is 10.9. The van der Waals surface area contributed by atoms with Crippen LogP contribution in [0, 0.1) is 5.21 Å². The van der Waals surface area contributed by atoms with Gasteiger partial charge in [-0.25, -0.2) is 9.52 Å². The number of alkyl carbamates (subject to hydrolysis) is 1. The van der Waals surface area contributed by atoms with Gasteiger partial charge in [-0.15, -0.1) is 0 Å². The van der Waals surface area contributed by atoms with Crippen molar-refractivity contribution < 1.29 is 14.3 Å². The van der Waals surface area contributed by atoms with E-state index in [-0.39, 0.29) is 0 Å². The Kier molecular flexibility index (Phi) is 4.76. The zero-order valence-corrected chi connectivity index (χ0v) is 10.9. The van der Waals surface area contributed by atoms with Crippen molar-refractivity contribution in [1.29, 1.82) is 0 Å². The van der Waals surface area contributed by atoms with E-state index in [1.807, 2.05) is 0 Å². The Hall–Kier alpha value is -1.98. The van der Waals surface area contributed by atoms with E-state index in [0.29, 0.717) is 18.9 Å². The maximum Gasteiger partial charge on any atom is 0.407 e. The summed E-state index contributed by atoms with van der Waals surface area (Å²) in [5.74, 6) is 0.448. The van der Waals surface area contributed by atoms with Crippen LogP contribution in [0.15, 0.2) is 24.4 Å². The molecule has 0 aliphatic rings. The van der Waals surface area contributed by atoms with Crippen molar-refractivity contribution in [3.8, 4) is 0 Å². The Labute approximate surface area is 107 Å². The Balaban J connectivity index is 2.23. The van der Waals surface area contributed by atoms with E-state index >= 15 is 0 Å². The van der Waals surface area contributed by atoms with Crippen LogP contribution in [0.25, 0.3) is 0 Å². The van der Waals surface area contributed by atoms with Gasteiger partial charge in [-0.3, -0.25) is 5.32 Å². The molecule has 6 heteroatoms. The lowest BCUT2D eigenvalue weighted by Gasteiger charge is -2.19. The fraction of sp³-hybridized carbons (Fsp3) is 0.500. The minimum Gasteiger partial charge on any atom is -0.711 e. The highest BCUT2D eigenvalue weighted by Crippen LogP contribution is 2.06. The molecule has 0 aliphatic heterocycles. The van der Waals surface area contributed by atoms with E-state index in [1.165, 1.54) is 6.20 Å². The molecule has 0 unspecified atom stereocenters. The molecule has 0 aliphatic carbocycles. The number of ether oxygens (including phenoxy) is 1. The second-order valence-electron chi connectivity index (χ2n) is 4.77. The third-order valence-corrected chi connectivity index (χ3v) is 1.92. The highest BCUT2D eigenvalue weighted by atomic mass is 16.6. The number of carbonyl (C=O) groups is 1. The Bertz CT molecular complexity index is 402. The highest BCUT2D eigenvalue weighted by Gasteiger charge is 2.15. The molecule has 1 aromatic rings. The van der Waals surface area contributed by atoms with Crippen LogP contribution in [0.1, 0.15) is 20.8 Å². The molecule has 1 aromatic heterocycles. The van der Waals surface area contributed by atoms with Gasteiger partial charge in [0.1, 0.15) is 12.1 Å². The van der Waals surface area contributed by atoms with Crippen molar-refractivity contribution in [2.24, 2.45) is 0 Å². The molecule has 0 radical (unpaired) electrons. The number of hydrogen-bond acceptors (Lipinski definition) is 4. The number of rotatable bonds is 4. The van der Waals surface area contributed by atoms with Gasteiger partial charge >= 0.3 is 6.09 Å². The molecule has 0 bridgehead atoms. The summed E-state index contributed by atoms with van der Waals surface area (Å²) in [6, 6.07) is 5.08. The summed E-state index contributed by atoms with van der Waals surface area (Å²) in [6.45, 7) is 6.23. The van der Waals surface area contributed by atoms with Gasteiger partial charge in [0, 0.05) is 6.07 Å². The number of amides is 1. The maximum absolute atomic E-state index is 11.3. The Morgan fingerprint density at radius 1 is 1.39 bits per heavy atom. The third-order valence-electron chi connectivity index (χ3n) is 1.92. The van der Waals surface area contributed by atoms with E-state index in [2.05, 4.69) is 10.6 Å². The number of anilines is 1. The van der Waals surface area contributed by atoms with E-state index in [4.69, 9.17) is 4.74 Å². The lowest BCUT2D eigenvalue weighted by atomic mass is 10.2. The lowest BCUT2D eigenvalue weighted by molar-refractivity contribution is -0.590. The molecule has 0 fully saturated rings. The molecule has 0 saturated heterocycles. The van der Waals surface area contributed by atoms with Gasteiger partial charge in [-0.2, -0.15) is 0 Å². The quantitative estimate of drug-likeness (QED) is 0.481. The molecular formula is C12H19N3O3. The maximum atomic E-state index is 11.3. The molecule has 0 saturated carbocycles. The van der Waals surface area contributed by atoms with Crippen molar-refractivity contribution in [3.05, 3.63) is 29.6 Å². The topological polar surface area (TPSA) is 77.3 Å². The van der Waals surface area contributed by atoms with Gasteiger partial charge in [-0.1, -0.05) is 6.07 Å². The van der Waals surface area contributed by atoms with Crippen molar-refractivity contribution in [2.45, 2.75) is 26.4 Å². The zero-order chi connectivity index (χ0) is 13.6. The molecule has 1 heterocycles. The van der Waals surface area contributed by atoms with Gasteiger partial charge in [0.25, 0.3) is 5.82 Å². The van der Waals surface area contributed by atoms with Crippen LogP contribution >= 0.6 is 0 Å². The first-order valence-electron chi connectivity index (χ1n) is 5.77. The van der Waals surface area contributed by atoms with Gasteiger partial charge in [0.15, 0.2) is 0 Å². The van der Waals surface area contributed by atoms with Crippen LogP contribution in [0.2, 0.25) is 0 Å². The van der Waals surface area contributed by atoms with Crippen LogP contribution in [-0.4, -0.2) is 24.8 Å². The normalized spacial score (nSPS) is 10.8. The predicted octanol–water partition coefficient (Wildman–Crippen LogP) is 1.26. The summed E-state index contributed by atoms with van der Waals surface area (Å²) in [6.07, 6.45) is 0.941. The number of pyridine rings is 1. The molecule has 0 atom stereocenters. The monoisotopic (exact) mass is 253 g/mol. The average Bonchev–Trinajstić information content (AvgIpc) is 2.24. The SMILES string of the molecule is CC(C)(C)OC(=O)NCCNc1cccc[n+]1[O-]. The van der Waals surface area contributed by atoms with E-state index in [9.17, 15) is 10.0 Å². The molecule has 1 rings (SSSR count). The first-order chi connectivity index (χ1) is 8.38. The number of nitrogens with one attached hydrogen (secondary N) is 2. The summed E-state index contributed by atoms with van der Waals surface area (Å²) >= 11 is 0. The second-order valence-corrected chi connectivity index (χ2v) is 4.77. The van der Waals surface area contributed by atoms with Gasteiger partial charge in [-0.05, 0) is 26.8 Å². The summed E-state index contributed by atoms with van der Waals surface area (Å²) in [5.41, 5.74) is -0.505. The smallest absolute Gasteiger partial charge is 0.407 e. The molecule has 2 N–H and O–H groups in total. The molecule has 100 valence electrons. The lowest BCUT2D eigenvalue weighted by Crippen LogP contribution is -2.36. The summed E-state index contributed by atoms with van der Waals surface area (Å²) in [5, 5.41) is 16.8. The van der Waals surface area contributed by atoms with Crippen LogP contribution in [-0.2, 0) is 4.74 Å². The number of aromatic nitrogens is 1. The van der Waals surface area contributed by atoms with Gasteiger partial charge in [0.2, 0.25) is 0 Å². The summed E-state index contributed by atoms with van der Waals surface area (Å²) in [4.78, 5) is 11.3. The van der Waals surface area contributed by atoms with Crippen LogP contribution in [0.3, 0.4) is 0 Å². The molecule has 0 spiro atoms. The fourth-order valence-electron chi connectivity index (χ4n) is 1.23. The van der Waals surface area contributed by atoms with E-state index < -0.39 is 11.7 Å². The second kappa shape index (κ2) is 6.09. The minimum atomic E-state index is -0.505. The predicted molar refractivity (Wildman–Crippen MR) is 68.1 cm³/mol. The molecule has 18 heavy (non-hydrogen) atoms. The number of nitrogens with zero attached hydrogens (tertiary/aromatic N) is 1. The largest absolute Gasteiger partial charge is 0.711 e. The molecule has 0 aromatic carbocycles. The highest BCUT2D eigenvalue weighted by molar-refractivity contribution is 5.67. The fourth-order valence-corrected chi connectivity index (χ4v) is 1.23. The van der Waals surface area contributed by atoms with Crippen LogP contribution < -0.4 is 15.4 Å². The van der Waals surface area contributed by atoms with E-state index in [1.54, 1.807) is 39.0 Å². The molecule has 1 amide bonds. The summed E-state index contributed by atoms with van der Waals surface area (Å²) in [7, 11) is 0. The van der Waals surface area contributed by atoms with Gasteiger partial charge < -0.3 is 15.3 Å². The standard InChI is InChI=1S/C12H19N3O3/c1-12(2,3)18-11(16)14-8-7-13-10-6-4-5-9-15(10)17/h4-6,9,13H,7-8H2,1-3H3,(H,14,16). The summed E-state index contributed by atoms with van der Waals surface area (Å²) < 4.78 is 5.80. The molecule has 6 nitrogen and oxygen atoms in total. The van der Waals surface area contributed by atoms with E-state index in [0.717, 1.165) is 4.73 Å². The van der Waals surface area contributed by atoms with Gasteiger partial charge in [0.05, 0.1) is 12.7 Å². The first kappa shape index (κ1) is 14.1. The number of hydrogen-bond donors (Lipinski definition) is 2. The van der Waals surface area contributed by atoms with Crippen molar-refractivity contribution >= 4 is 11.9 Å². The minimum absolute atomic E-state index is 0.379. The van der Waals surface area contributed by atoms with Crippen molar-refractivity contribution in [2.75, 3.05) is 18.4 Å². The van der Waals surface area contributed by atoms with Crippen LogP contribution in [0.5, 0.6) is 0 Å². The number of carbonyl (C=O) groups excluding carboxylic acids is 1. The molecular weight excluding hydrogens is 234 g/mol. The third kappa shape index (κ3) is 5.38. The van der Waals surface area contributed by atoms with Crippen LogP contribution in [0.4, 0.5) is 10.6 Å². The van der Waals surface area contributed by atoms with Crippen molar-refractivity contribution in [1.82, 2.24) is 5.32 Å². The Morgan fingerprint density at radius 3 is 2.72 bits per heavy atom. The first-order valence-corrected chi connectivity index (χ1v) is 5.77.